The molecular formula is C21H17Cl3F5N3O3S. The molecule has 0 saturated heterocycles. The molecule has 1 aliphatic heterocycles. The van der Waals surface area contributed by atoms with Gasteiger partial charge in [0.05, 0.1) is 44.3 Å². The molecule has 15 heteroatoms. The number of nitrogens with one attached hydrogen (secondary N) is 2. The Morgan fingerprint density at radius 2 is 1.72 bits per heavy atom. The first-order valence-corrected chi connectivity index (χ1v) is 12.0. The van der Waals surface area contributed by atoms with Crippen LogP contribution in [0.15, 0.2) is 23.4 Å². The summed E-state index contributed by atoms with van der Waals surface area (Å²) in [5.41, 5.74) is -2.97. The van der Waals surface area contributed by atoms with Gasteiger partial charge in [-0.25, -0.2) is 8.78 Å². The number of aryl methyl sites for hydroxylation is 1. The molecule has 1 aliphatic rings. The van der Waals surface area contributed by atoms with Gasteiger partial charge in [0.15, 0.2) is 0 Å². The second-order valence-corrected chi connectivity index (χ2v) is 10.3. The zero-order valence-electron chi connectivity index (χ0n) is 18.5. The van der Waals surface area contributed by atoms with Crippen LogP contribution in [0.25, 0.3) is 0 Å². The number of oxime groups is 1. The topological polar surface area (TPSA) is 79.8 Å². The molecule has 2 heterocycles. The summed E-state index contributed by atoms with van der Waals surface area (Å²) in [6.45, 7) is 0.704. The van der Waals surface area contributed by atoms with Crippen molar-refractivity contribution in [3.8, 4) is 0 Å². The standard InChI is InChI=1S/C21H17Cl3F5N3O3S/c1-9-3-14(36-17(9)18(34)30-7-15(33)31-8-19(2,25)26)13-6-20(35-32-13,21(27,28)29)10-4-11(22)16(24)12(23)5-10/h3-5H,6-8H2,1-2H3,(H,30,34)(H,31,33)/t20-/m0/s1. The molecule has 3 rings (SSSR count). The van der Waals surface area contributed by atoms with Gasteiger partial charge in [-0.1, -0.05) is 40.0 Å². The molecule has 0 spiro atoms. The van der Waals surface area contributed by atoms with Gasteiger partial charge in [-0.2, -0.15) is 13.2 Å². The highest BCUT2D eigenvalue weighted by molar-refractivity contribution is 7.16. The van der Waals surface area contributed by atoms with Gasteiger partial charge < -0.3 is 15.5 Å². The van der Waals surface area contributed by atoms with E-state index in [2.05, 4.69) is 10.5 Å². The van der Waals surface area contributed by atoms with Gasteiger partial charge in [-0.15, -0.1) is 11.3 Å². The van der Waals surface area contributed by atoms with E-state index in [9.17, 15) is 31.5 Å². The van der Waals surface area contributed by atoms with E-state index in [-0.39, 0.29) is 30.5 Å². The lowest BCUT2D eigenvalue weighted by Crippen LogP contribution is -2.42. The summed E-state index contributed by atoms with van der Waals surface area (Å²) in [6.07, 6.45) is -5.66. The Morgan fingerprint density at radius 1 is 1.11 bits per heavy atom. The van der Waals surface area contributed by atoms with Crippen LogP contribution in [0.3, 0.4) is 0 Å². The monoisotopic (exact) mass is 591 g/mol. The molecule has 2 aromatic rings. The highest BCUT2D eigenvalue weighted by Gasteiger charge is 2.62. The number of benzene rings is 1. The summed E-state index contributed by atoms with van der Waals surface area (Å²) in [7, 11) is 0. The third-order valence-electron chi connectivity index (χ3n) is 5.05. The summed E-state index contributed by atoms with van der Waals surface area (Å²) in [5, 5.41) is 7.40. The lowest BCUT2D eigenvalue weighted by molar-refractivity contribution is -0.275. The van der Waals surface area contributed by atoms with Gasteiger partial charge >= 0.3 is 6.18 Å². The van der Waals surface area contributed by atoms with Crippen molar-refractivity contribution in [1.82, 2.24) is 10.6 Å². The number of amides is 2. The average molecular weight is 593 g/mol. The van der Waals surface area contributed by atoms with Gasteiger partial charge in [0.1, 0.15) is 5.71 Å². The van der Waals surface area contributed by atoms with Crippen molar-refractivity contribution in [3.63, 3.8) is 0 Å². The molecule has 0 saturated carbocycles. The molecule has 0 fully saturated rings. The number of rotatable bonds is 7. The Balaban J connectivity index is 1.78. The zero-order valence-corrected chi connectivity index (χ0v) is 21.5. The molecule has 0 aliphatic carbocycles. The Kier molecular flexibility index (Phi) is 8.14. The summed E-state index contributed by atoms with van der Waals surface area (Å²) >= 11 is 18.6. The maximum absolute atomic E-state index is 14.2. The molecular weight excluding hydrogens is 576 g/mol. The number of carbonyl (C=O) groups excluding carboxylic acids is 2. The first-order chi connectivity index (χ1) is 16.5. The van der Waals surface area contributed by atoms with Crippen LogP contribution in [-0.2, 0) is 15.2 Å². The molecule has 36 heavy (non-hydrogen) atoms. The van der Waals surface area contributed by atoms with E-state index in [1.165, 1.54) is 6.07 Å². The largest absolute Gasteiger partial charge is 0.435 e. The summed E-state index contributed by atoms with van der Waals surface area (Å²) in [6, 6.07) is 3.45. The predicted octanol–water partition coefficient (Wildman–Crippen LogP) is 6.10. The molecule has 0 bridgehead atoms. The Hall–Kier alpha value is -2.15. The zero-order chi connectivity index (χ0) is 27.1. The fraction of sp³-hybridized carbons (Fsp3) is 0.381. The van der Waals surface area contributed by atoms with Crippen LogP contribution < -0.4 is 10.6 Å². The average Bonchev–Trinajstić information content (AvgIpc) is 3.38. The van der Waals surface area contributed by atoms with E-state index in [4.69, 9.17) is 39.6 Å². The highest BCUT2D eigenvalue weighted by atomic mass is 35.5. The van der Waals surface area contributed by atoms with Crippen molar-refractivity contribution in [2.45, 2.75) is 38.0 Å². The SMILES string of the molecule is Cc1cc(C2=NO[C@@](c3cc(Cl)c(Cl)c(Cl)c3)(C(F)(F)F)C2)sc1C(=O)NCC(=O)NCC(C)(F)F. The first-order valence-electron chi connectivity index (χ1n) is 10.0. The molecule has 196 valence electrons. The van der Waals surface area contributed by atoms with Crippen LogP contribution in [0.4, 0.5) is 22.0 Å². The predicted molar refractivity (Wildman–Crippen MR) is 126 cm³/mol. The van der Waals surface area contributed by atoms with E-state index in [0.717, 1.165) is 23.5 Å². The van der Waals surface area contributed by atoms with Gasteiger partial charge in [-0.3, -0.25) is 9.59 Å². The van der Waals surface area contributed by atoms with Crippen molar-refractivity contribution in [3.05, 3.63) is 54.1 Å². The smallest absolute Gasteiger partial charge is 0.374 e. The van der Waals surface area contributed by atoms with Crippen molar-refractivity contribution >= 4 is 63.7 Å². The Bertz CT molecular complexity index is 1210. The van der Waals surface area contributed by atoms with Crippen molar-refractivity contribution in [1.29, 1.82) is 0 Å². The van der Waals surface area contributed by atoms with Crippen LogP contribution in [0.2, 0.25) is 15.1 Å². The van der Waals surface area contributed by atoms with Crippen LogP contribution >= 0.6 is 46.1 Å². The van der Waals surface area contributed by atoms with Crippen LogP contribution in [0, 0.1) is 6.92 Å². The summed E-state index contributed by atoms with van der Waals surface area (Å²) < 4.78 is 68.3. The minimum Gasteiger partial charge on any atom is -0.374 e. The molecule has 6 nitrogen and oxygen atoms in total. The number of nitrogens with zero attached hydrogens (tertiary/aromatic N) is 1. The lowest BCUT2D eigenvalue weighted by atomic mass is 9.88. The third-order valence-corrected chi connectivity index (χ3v) is 7.53. The fourth-order valence-corrected chi connectivity index (χ4v) is 4.90. The molecule has 1 atom stereocenters. The second-order valence-electron chi connectivity index (χ2n) is 8.04. The highest BCUT2D eigenvalue weighted by Crippen LogP contribution is 2.51. The van der Waals surface area contributed by atoms with E-state index >= 15 is 0 Å². The minimum atomic E-state index is -4.92. The number of alkyl halides is 5. The maximum Gasteiger partial charge on any atom is 0.435 e. The first kappa shape index (κ1) is 28.4. The Labute approximate surface area is 220 Å². The molecule has 2 amide bonds. The fourth-order valence-electron chi connectivity index (χ4n) is 3.23. The molecule has 1 aromatic carbocycles. The van der Waals surface area contributed by atoms with Crippen molar-refractivity contribution in [2.24, 2.45) is 5.16 Å². The number of halogens is 8. The summed E-state index contributed by atoms with van der Waals surface area (Å²) in [5.74, 6) is -4.65. The van der Waals surface area contributed by atoms with Gasteiger partial charge in [0.2, 0.25) is 5.91 Å². The number of hydrogen-bond acceptors (Lipinski definition) is 5. The molecule has 2 N–H and O–H groups in total. The molecule has 1 aromatic heterocycles. The molecule has 0 radical (unpaired) electrons. The van der Waals surface area contributed by atoms with Crippen molar-refractivity contribution < 1.29 is 36.4 Å². The van der Waals surface area contributed by atoms with Crippen LogP contribution in [0.5, 0.6) is 0 Å². The van der Waals surface area contributed by atoms with E-state index in [1.807, 2.05) is 5.32 Å². The van der Waals surface area contributed by atoms with Crippen LogP contribution in [-0.4, -0.2) is 42.7 Å². The number of hydrogen-bond donors (Lipinski definition) is 2. The van der Waals surface area contributed by atoms with E-state index in [1.54, 1.807) is 6.92 Å². The maximum atomic E-state index is 14.2. The minimum absolute atomic E-state index is 0.0791. The van der Waals surface area contributed by atoms with Gasteiger partial charge in [0, 0.05) is 12.5 Å². The number of thiophene rings is 1. The van der Waals surface area contributed by atoms with Gasteiger partial charge in [-0.05, 0) is 30.7 Å². The second kappa shape index (κ2) is 10.3. The van der Waals surface area contributed by atoms with Gasteiger partial charge in [0.25, 0.3) is 17.4 Å². The third kappa shape index (κ3) is 6.04. The normalized spacial score (nSPS) is 18.0. The van der Waals surface area contributed by atoms with E-state index in [0.29, 0.717) is 12.5 Å². The quantitative estimate of drug-likeness (QED) is 0.301. The summed E-state index contributed by atoms with van der Waals surface area (Å²) in [4.78, 5) is 29.4. The molecule has 0 unspecified atom stereocenters. The Morgan fingerprint density at radius 3 is 2.28 bits per heavy atom. The van der Waals surface area contributed by atoms with E-state index < -0.39 is 54.6 Å². The lowest BCUT2D eigenvalue weighted by Gasteiger charge is -2.29. The van der Waals surface area contributed by atoms with Crippen molar-refractivity contribution in [2.75, 3.05) is 13.1 Å². The number of carbonyl (C=O) groups is 2. The van der Waals surface area contributed by atoms with Crippen LogP contribution in [0.1, 0.15) is 39.0 Å².